The van der Waals surface area contributed by atoms with Crippen molar-refractivity contribution in [1.29, 1.82) is 0 Å². The molecule has 3 N–H and O–H groups in total. The first-order chi connectivity index (χ1) is 11.7. The monoisotopic (exact) mass is 397 g/mol. The first-order valence-electron chi connectivity index (χ1n) is 8.22. The number of halogens is 2. The van der Waals surface area contributed by atoms with Crippen LogP contribution in [0, 0.1) is 0 Å². The van der Waals surface area contributed by atoms with Crippen molar-refractivity contribution in [3.8, 4) is 0 Å². The van der Waals surface area contributed by atoms with Crippen molar-refractivity contribution >= 4 is 36.4 Å². The van der Waals surface area contributed by atoms with Gasteiger partial charge in [0.05, 0.1) is 12.7 Å². The molecule has 1 unspecified atom stereocenters. The van der Waals surface area contributed by atoms with E-state index in [0.717, 1.165) is 19.6 Å². The molecule has 1 fully saturated rings. The van der Waals surface area contributed by atoms with Crippen LogP contribution in [0.4, 0.5) is 5.69 Å². The quantitative estimate of drug-likeness (QED) is 0.761. The number of nitrogens with two attached hydrogens (primary N) is 1. The molecule has 7 heteroatoms. The molecule has 5 nitrogen and oxygen atoms in total. The number of morpholine rings is 1. The number of carbonyl (C=O) groups excluding carboxylic acids is 1. The number of ether oxygens (including phenoxy) is 1. The summed E-state index contributed by atoms with van der Waals surface area (Å²) in [6.45, 7) is 3.84. The molecule has 0 spiro atoms. The summed E-state index contributed by atoms with van der Waals surface area (Å²) in [6, 6.07) is 17.3. The Morgan fingerprint density at radius 1 is 1.12 bits per heavy atom. The topological polar surface area (TPSA) is 67.6 Å². The average molecular weight is 398 g/mol. The van der Waals surface area contributed by atoms with Crippen LogP contribution < -0.4 is 11.1 Å². The summed E-state index contributed by atoms with van der Waals surface area (Å²) in [7, 11) is 0. The Labute approximate surface area is 166 Å². The molecule has 0 radical (unpaired) electrons. The summed E-state index contributed by atoms with van der Waals surface area (Å²) in [6.07, 6.45) is 0.0141. The lowest BCUT2D eigenvalue weighted by molar-refractivity contribution is -0.0292. The predicted molar refractivity (Wildman–Crippen MR) is 109 cm³/mol. The molecular formula is C19H25Cl2N3O2. The molecule has 1 amide bonds. The average Bonchev–Trinajstić information content (AvgIpc) is 2.61. The van der Waals surface area contributed by atoms with Crippen molar-refractivity contribution in [1.82, 2.24) is 10.2 Å². The van der Waals surface area contributed by atoms with Crippen LogP contribution in [0.1, 0.15) is 15.9 Å². The molecular weight excluding hydrogens is 373 g/mol. The Balaban J connectivity index is 0.00000169. The lowest BCUT2D eigenvalue weighted by Gasteiger charge is -2.33. The highest BCUT2D eigenvalue weighted by Gasteiger charge is 2.21. The van der Waals surface area contributed by atoms with Gasteiger partial charge in [-0.3, -0.25) is 9.69 Å². The molecule has 26 heavy (non-hydrogen) atoms. The molecule has 0 bridgehead atoms. The second-order valence-electron chi connectivity index (χ2n) is 6.05. The van der Waals surface area contributed by atoms with Crippen LogP contribution in [0.15, 0.2) is 54.6 Å². The van der Waals surface area contributed by atoms with Gasteiger partial charge in [0.15, 0.2) is 0 Å². The standard InChI is InChI=1S/C19H23N3O2.2ClH/c20-17-8-6-16(7-9-17)19(23)21-12-18-14-22(10-11-24-18)13-15-4-2-1-3-5-15;;/h1-9,18H,10-14,20H2,(H,21,23);2*1H. The smallest absolute Gasteiger partial charge is 0.251 e. The molecule has 1 heterocycles. The van der Waals surface area contributed by atoms with Gasteiger partial charge in [-0.1, -0.05) is 30.3 Å². The number of nitrogen functional groups attached to an aromatic ring is 1. The largest absolute Gasteiger partial charge is 0.399 e. The normalized spacial score (nSPS) is 16.8. The van der Waals surface area contributed by atoms with Crippen molar-refractivity contribution in [2.24, 2.45) is 0 Å². The van der Waals surface area contributed by atoms with Crippen molar-refractivity contribution < 1.29 is 9.53 Å². The van der Waals surface area contributed by atoms with E-state index in [1.54, 1.807) is 24.3 Å². The highest BCUT2D eigenvalue weighted by molar-refractivity contribution is 5.94. The number of amides is 1. The van der Waals surface area contributed by atoms with E-state index in [9.17, 15) is 4.79 Å². The fraction of sp³-hybridized carbons (Fsp3) is 0.316. The summed E-state index contributed by atoms with van der Waals surface area (Å²) in [5.41, 5.74) is 8.20. The highest BCUT2D eigenvalue weighted by Crippen LogP contribution is 2.10. The zero-order valence-corrected chi connectivity index (χ0v) is 16.1. The minimum Gasteiger partial charge on any atom is -0.399 e. The SMILES string of the molecule is Cl.Cl.Nc1ccc(C(=O)NCC2CN(Cc3ccccc3)CCO2)cc1. The van der Waals surface area contributed by atoms with Gasteiger partial charge in [-0.05, 0) is 29.8 Å². The summed E-state index contributed by atoms with van der Waals surface area (Å²) >= 11 is 0. The van der Waals surface area contributed by atoms with Gasteiger partial charge in [-0.25, -0.2) is 0 Å². The maximum Gasteiger partial charge on any atom is 0.251 e. The van der Waals surface area contributed by atoms with Crippen LogP contribution in [0.3, 0.4) is 0 Å². The highest BCUT2D eigenvalue weighted by atomic mass is 35.5. The second-order valence-corrected chi connectivity index (χ2v) is 6.05. The Morgan fingerprint density at radius 3 is 2.50 bits per heavy atom. The van der Waals surface area contributed by atoms with E-state index in [2.05, 4.69) is 34.5 Å². The zero-order valence-electron chi connectivity index (χ0n) is 14.5. The Bertz CT molecular complexity index is 668. The molecule has 0 saturated carbocycles. The Morgan fingerprint density at radius 2 is 1.81 bits per heavy atom. The lowest BCUT2D eigenvalue weighted by Crippen LogP contribution is -2.47. The van der Waals surface area contributed by atoms with Crippen molar-refractivity contribution in [3.63, 3.8) is 0 Å². The molecule has 1 aliphatic heterocycles. The van der Waals surface area contributed by atoms with Gasteiger partial charge in [-0.15, -0.1) is 24.8 Å². The third-order valence-electron chi connectivity index (χ3n) is 4.14. The van der Waals surface area contributed by atoms with Crippen LogP contribution >= 0.6 is 24.8 Å². The van der Waals surface area contributed by atoms with Crippen LogP contribution in [-0.4, -0.2) is 43.2 Å². The number of nitrogens with one attached hydrogen (secondary N) is 1. The number of anilines is 1. The first-order valence-corrected chi connectivity index (χ1v) is 8.22. The molecule has 142 valence electrons. The van der Waals surface area contributed by atoms with Gasteiger partial charge in [-0.2, -0.15) is 0 Å². The maximum absolute atomic E-state index is 12.2. The fourth-order valence-corrected chi connectivity index (χ4v) is 2.83. The van der Waals surface area contributed by atoms with E-state index in [0.29, 0.717) is 24.4 Å². The maximum atomic E-state index is 12.2. The molecule has 3 rings (SSSR count). The molecule has 2 aromatic rings. The minimum absolute atomic E-state index is 0. The zero-order chi connectivity index (χ0) is 16.8. The summed E-state index contributed by atoms with van der Waals surface area (Å²) in [5.74, 6) is -0.0983. The van der Waals surface area contributed by atoms with Gasteiger partial charge >= 0.3 is 0 Å². The van der Waals surface area contributed by atoms with E-state index in [4.69, 9.17) is 10.5 Å². The number of carbonyl (C=O) groups is 1. The van der Waals surface area contributed by atoms with Gasteiger partial charge in [0, 0.05) is 37.4 Å². The molecule has 1 atom stereocenters. The second kappa shape index (κ2) is 11.0. The molecule has 1 aliphatic rings. The Hall–Kier alpha value is -1.79. The van der Waals surface area contributed by atoms with Gasteiger partial charge < -0.3 is 15.8 Å². The van der Waals surface area contributed by atoms with Gasteiger partial charge in [0.2, 0.25) is 0 Å². The van der Waals surface area contributed by atoms with Gasteiger partial charge in [0.25, 0.3) is 5.91 Å². The number of rotatable bonds is 5. The minimum atomic E-state index is -0.0983. The summed E-state index contributed by atoms with van der Waals surface area (Å²) in [5, 5.41) is 2.94. The fourth-order valence-electron chi connectivity index (χ4n) is 2.83. The third kappa shape index (κ3) is 6.50. The van der Waals surface area contributed by atoms with Crippen molar-refractivity contribution in [3.05, 3.63) is 65.7 Å². The van der Waals surface area contributed by atoms with E-state index < -0.39 is 0 Å². The van der Waals surface area contributed by atoms with E-state index in [1.807, 2.05) is 6.07 Å². The van der Waals surface area contributed by atoms with Crippen LogP contribution in [0.5, 0.6) is 0 Å². The number of hydrogen-bond acceptors (Lipinski definition) is 4. The molecule has 0 aliphatic carbocycles. The van der Waals surface area contributed by atoms with E-state index in [-0.39, 0.29) is 36.8 Å². The third-order valence-corrected chi connectivity index (χ3v) is 4.14. The van der Waals surface area contributed by atoms with E-state index in [1.165, 1.54) is 5.56 Å². The summed E-state index contributed by atoms with van der Waals surface area (Å²) < 4.78 is 5.77. The molecule has 0 aromatic heterocycles. The number of nitrogens with zero attached hydrogens (tertiary/aromatic N) is 1. The summed E-state index contributed by atoms with van der Waals surface area (Å²) in [4.78, 5) is 14.5. The van der Waals surface area contributed by atoms with Crippen LogP contribution in [0.2, 0.25) is 0 Å². The number of hydrogen-bond donors (Lipinski definition) is 2. The van der Waals surface area contributed by atoms with Crippen molar-refractivity contribution in [2.45, 2.75) is 12.6 Å². The van der Waals surface area contributed by atoms with Crippen LogP contribution in [-0.2, 0) is 11.3 Å². The first kappa shape index (κ1) is 22.3. The molecule has 2 aromatic carbocycles. The Kier molecular flexibility index (Phi) is 9.44. The van der Waals surface area contributed by atoms with Crippen LogP contribution in [0.25, 0.3) is 0 Å². The van der Waals surface area contributed by atoms with Crippen molar-refractivity contribution in [2.75, 3.05) is 32.0 Å². The molecule has 1 saturated heterocycles. The number of benzene rings is 2. The van der Waals surface area contributed by atoms with Gasteiger partial charge in [0.1, 0.15) is 0 Å². The lowest BCUT2D eigenvalue weighted by atomic mass is 10.1. The van der Waals surface area contributed by atoms with E-state index >= 15 is 0 Å². The predicted octanol–water partition coefficient (Wildman–Crippen LogP) is 2.74.